The number of aliphatic hydroxyl groups is 1. The Hall–Kier alpha value is -0.930. The molecule has 2 aromatic rings. The van der Waals surface area contributed by atoms with E-state index in [1.165, 1.54) is 0 Å². The minimum absolute atomic E-state index is 0.129. The first-order valence-electron chi connectivity index (χ1n) is 6.05. The minimum atomic E-state index is -0.740. The summed E-state index contributed by atoms with van der Waals surface area (Å²) in [6.45, 7) is 1.73. The van der Waals surface area contributed by atoms with E-state index in [-0.39, 0.29) is 6.61 Å². The molecule has 0 aliphatic rings. The van der Waals surface area contributed by atoms with Crippen molar-refractivity contribution in [3.63, 3.8) is 0 Å². The van der Waals surface area contributed by atoms with Crippen LogP contribution in [0.25, 0.3) is 0 Å². The van der Waals surface area contributed by atoms with Gasteiger partial charge in [-0.25, -0.2) is 0 Å². The molecule has 0 aromatic heterocycles. The van der Waals surface area contributed by atoms with Crippen molar-refractivity contribution in [1.82, 2.24) is 0 Å². The molecule has 0 heterocycles. The maximum atomic E-state index is 9.78. The summed E-state index contributed by atoms with van der Waals surface area (Å²) in [5, 5.41) is 14.8. The fraction of sp³-hybridized carbons (Fsp3) is 0.200. The highest BCUT2D eigenvalue weighted by Gasteiger charge is 2.28. The summed E-state index contributed by atoms with van der Waals surface area (Å²) in [5.74, 6) is 0. The Bertz CT molecular complexity index is 601. The molecule has 0 aliphatic carbocycles. The Morgan fingerprint density at radius 1 is 1.00 bits per heavy atom. The van der Waals surface area contributed by atoms with E-state index in [0.717, 1.165) is 11.3 Å². The third-order valence-corrected chi connectivity index (χ3v) is 3.92. The van der Waals surface area contributed by atoms with Gasteiger partial charge in [-0.1, -0.05) is 34.8 Å². The zero-order valence-electron chi connectivity index (χ0n) is 10.8. The lowest BCUT2D eigenvalue weighted by molar-refractivity contribution is 0.224. The molecule has 0 fully saturated rings. The van der Waals surface area contributed by atoms with Crippen LogP contribution in [0.4, 0.5) is 5.69 Å². The second-order valence-corrected chi connectivity index (χ2v) is 6.03. The lowest BCUT2D eigenvalue weighted by atomic mass is 9.92. The van der Waals surface area contributed by atoms with E-state index in [2.05, 4.69) is 5.32 Å². The van der Waals surface area contributed by atoms with Gasteiger partial charge in [0.1, 0.15) is 0 Å². The van der Waals surface area contributed by atoms with Crippen LogP contribution in [0.1, 0.15) is 12.5 Å². The molecular weight excluding hydrogens is 317 g/mol. The van der Waals surface area contributed by atoms with Crippen molar-refractivity contribution in [2.24, 2.45) is 0 Å². The Morgan fingerprint density at radius 3 is 2.20 bits per heavy atom. The third-order valence-electron chi connectivity index (χ3n) is 3.10. The van der Waals surface area contributed by atoms with Gasteiger partial charge in [0.05, 0.1) is 12.1 Å². The van der Waals surface area contributed by atoms with Crippen molar-refractivity contribution in [1.29, 1.82) is 0 Å². The number of nitrogens with one attached hydrogen (secondary N) is 1. The molecule has 0 radical (unpaired) electrons. The summed E-state index contributed by atoms with van der Waals surface area (Å²) < 4.78 is 0. The molecule has 0 bridgehead atoms. The summed E-state index contributed by atoms with van der Waals surface area (Å²) in [5.41, 5.74) is 0.835. The minimum Gasteiger partial charge on any atom is -0.394 e. The molecule has 1 atom stereocenters. The zero-order chi connectivity index (χ0) is 14.8. The van der Waals surface area contributed by atoms with Gasteiger partial charge in [0.2, 0.25) is 0 Å². The van der Waals surface area contributed by atoms with Gasteiger partial charge >= 0.3 is 0 Å². The van der Waals surface area contributed by atoms with Crippen LogP contribution in [0.5, 0.6) is 0 Å². The van der Waals surface area contributed by atoms with Crippen LogP contribution in [0, 0.1) is 0 Å². The standard InChI is InChI=1S/C15H14Cl3NO/c1-15(9-20,13-8-11(17)4-7-14(13)18)19-12-5-2-10(16)3-6-12/h2-8,19-20H,9H2,1H3. The first kappa shape index (κ1) is 15.5. The first-order chi connectivity index (χ1) is 9.44. The van der Waals surface area contributed by atoms with Gasteiger partial charge < -0.3 is 10.4 Å². The Morgan fingerprint density at radius 2 is 1.60 bits per heavy atom. The largest absolute Gasteiger partial charge is 0.394 e. The van der Waals surface area contributed by atoms with Crippen molar-refractivity contribution in [3.8, 4) is 0 Å². The van der Waals surface area contributed by atoms with E-state index in [1.54, 1.807) is 30.3 Å². The highest BCUT2D eigenvalue weighted by molar-refractivity contribution is 6.33. The highest BCUT2D eigenvalue weighted by Crippen LogP contribution is 2.33. The average Bonchev–Trinajstić information content (AvgIpc) is 2.44. The number of halogens is 3. The van der Waals surface area contributed by atoms with Gasteiger partial charge in [-0.2, -0.15) is 0 Å². The van der Waals surface area contributed by atoms with Crippen LogP contribution in [-0.2, 0) is 5.54 Å². The van der Waals surface area contributed by atoms with Gasteiger partial charge in [-0.3, -0.25) is 0 Å². The van der Waals surface area contributed by atoms with Gasteiger partial charge in [0, 0.05) is 20.8 Å². The van der Waals surface area contributed by atoms with E-state index in [4.69, 9.17) is 34.8 Å². The predicted molar refractivity (Wildman–Crippen MR) is 86.0 cm³/mol. The molecule has 0 saturated heterocycles. The fourth-order valence-corrected chi connectivity index (χ4v) is 2.59. The SMILES string of the molecule is CC(CO)(Nc1ccc(Cl)cc1)c1cc(Cl)ccc1Cl. The fourth-order valence-electron chi connectivity index (χ4n) is 1.96. The summed E-state index contributed by atoms with van der Waals surface area (Å²) in [4.78, 5) is 0. The summed E-state index contributed by atoms with van der Waals surface area (Å²) in [7, 11) is 0. The van der Waals surface area contributed by atoms with E-state index >= 15 is 0 Å². The summed E-state index contributed by atoms with van der Waals surface area (Å²) in [6, 6.07) is 12.4. The van der Waals surface area contributed by atoms with Crippen LogP contribution in [0.15, 0.2) is 42.5 Å². The third kappa shape index (κ3) is 3.39. The monoisotopic (exact) mass is 329 g/mol. The zero-order valence-corrected chi connectivity index (χ0v) is 13.1. The molecule has 1 unspecified atom stereocenters. The van der Waals surface area contributed by atoms with E-state index in [9.17, 15) is 5.11 Å². The van der Waals surface area contributed by atoms with Crippen LogP contribution in [0.2, 0.25) is 15.1 Å². The van der Waals surface area contributed by atoms with Crippen molar-refractivity contribution >= 4 is 40.5 Å². The summed E-state index contributed by atoms with van der Waals surface area (Å²) >= 11 is 18.1. The first-order valence-corrected chi connectivity index (χ1v) is 7.18. The second-order valence-electron chi connectivity index (χ2n) is 4.75. The maximum Gasteiger partial charge on any atom is 0.0843 e. The number of anilines is 1. The molecule has 5 heteroatoms. The normalized spacial score (nSPS) is 13.8. The van der Waals surface area contributed by atoms with Gasteiger partial charge in [-0.15, -0.1) is 0 Å². The van der Waals surface area contributed by atoms with E-state index < -0.39 is 5.54 Å². The molecule has 2 nitrogen and oxygen atoms in total. The topological polar surface area (TPSA) is 32.3 Å². The maximum absolute atomic E-state index is 9.78. The summed E-state index contributed by atoms with van der Waals surface area (Å²) in [6.07, 6.45) is 0. The van der Waals surface area contributed by atoms with Gasteiger partial charge in [0.15, 0.2) is 0 Å². The smallest absolute Gasteiger partial charge is 0.0843 e. The van der Waals surface area contributed by atoms with E-state index in [0.29, 0.717) is 15.1 Å². The number of hydrogen-bond acceptors (Lipinski definition) is 2. The molecule has 106 valence electrons. The van der Waals surface area contributed by atoms with Crippen molar-refractivity contribution in [3.05, 3.63) is 63.1 Å². The quantitative estimate of drug-likeness (QED) is 0.830. The van der Waals surface area contributed by atoms with Crippen molar-refractivity contribution in [2.75, 3.05) is 11.9 Å². The molecule has 0 saturated carbocycles. The lowest BCUT2D eigenvalue weighted by Crippen LogP contribution is -2.36. The molecule has 0 aliphatic heterocycles. The van der Waals surface area contributed by atoms with E-state index in [1.807, 2.05) is 19.1 Å². The predicted octanol–water partition coefficient (Wildman–Crippen LogP) is 4.97. The Labute approximate surface area is 133 Å². The number of benzene rings is 2. The Balaban J connectivity index is 2.37. The average molecular weight is 331 g/mol. The highest BCUT2D eigenvalue weighted by atomic mass is 35.5. The van der Waals surface area contributed by atoms with Crippen LogP contribution in [0.3, 0.4) is 0 Å². The number of aliphatic hydroxyl groups excluding tert-OH is 1. The van der Waals surface area contributed by atoms with Crippen LogP contribution in [-0.4, -0.2) is 11.7 Å². The number of rotatable bonds is 4. The van der Waals surface area contributed by atoms with Crippen molar-refractivity contribution < 1.29 is 5.11 Å². The molecule has 2 N–H and O–H groups in total. The molecule has 20 heavy (non-hydrogen) atoms. The molecule has 0 amide bonds. The Kier molecular flexibility index (Phi) is 4.82. The van der Waals surface area contributed by atoms with Crippen LogP contribution < -0.4 is 5.32 Å². The lowest BCUT2D eigenvalue weighted by Gasteiger charge is -2.31. The van der Waals surface area contributed by atoms with Gasteiger partial charge in [0.25, 0.3) is 0 Å². The second kappa shape index (κ2) is 6.23. The molecular formula is C15H14Cl3NO. The molecule has 2 rings (SSSR count). The molecule has 2 aromatic carbocycles. The number of hydrogen-bond donors (Lipinski definition) is 2. The van der Waals surface area contributed by atoms with Crippen molar-refractivity contribution in [2.45, 2.75) is 12.5 Å². The van der Waals surface area contributed by atoms with Gasteiger partial charge in [-0.05, 0) is 55.0 Å². The van der Waals surface area contributed by atoms with Crippen LogP contribution >= 0.6 is 34.8 Å². The molecule has 0 spiro atoms.